The highest BCUT2D eigenvalue weighted by atomic mass is 19.1. The van der Waals surface area contributed by atoms with Crippen molar-refractivity contribution < 1.29 is 4.39 Å². The molecule has 2 aromatic carbocycles. The van der Waals surface area contributed by atoms with Crippen LogP contribution in [0, 0.1) is 12.7 Å². The fourth-order valence-corrected chi connectivity index (χ4v) is 3.39. The Morgan fingerprint density at radius 3 is 2.73 bits per heavy atom. The minimum atomic E-state index is -0.258. The van der Waals surface area contributed by atoms with Crippen molar-refractivity contribution in [2.24, 2.45) is 0 Å². The van der Waals surface area contributed by atoms with Gasteiger partial charge in [-0.05, 0) is 55.0 Å². The number of imidazole rings is 1. The fourth-order valence-electron chi connectivity index (χ4n) is 3.39. The van der Waals surface area contributed by atoms with E-state index in [0.717, 1.165) is 44.6 Å². The van der Waals surface area contributed by atoms with Gasteiger partial charge in [-0.3, -0.25) is 9.50 Å². The van der Waals surface area contributed by atoms with Gasteiger partial charge in [0.2, 0.25) is 0 Å². The van der Waals surface area contributed by atoms with Crippen LogP contribution in [0.4, 0.5) is 4.39 Å². The number of H-pyrrole nitrogens is 1. The van der Waals surface area contributed by atoms with E-state index >= 15 is 0 Å². The molecule has 0 radical (unpaired) electrons. The van der Waals surface area contributed by atoms with Gasteiger partial charge in [-0.2, -0.15) is 5.10 Å². The molecule has 5 rings (SSSR count). The molecule has 4 nitrogen and oxygen atoms in total. The van der Waals surface area contributed by atoms with Gasteiger partial charge in [-0.1, -0.05) is 12.1 Å². The molecular weight excluding hydrogens is 327 g/mol. The van der Waals surface area contributed by atoms with Gasteiger partial charge < -0.3 is 0 Å². The molecule has 126 valence electrons. The minimum Gasteiger partial charge on any atom is -0.299 e. The number of aromatic amines is 1. The third-order valence-corrected chi connectivity index (χ3v) is 4.64. The third-order valence-electron chi connectivity index (χ3n) is 4.64. The number of hydrogen-bond acceptors (Lipinski definition) is 2. The number of pyridine rings is 1. The summed E-state index contributed by atoms with van der Waals surface area (Å²) < 4.78 is 15.5. The molecule has 5 heteroatoms. The van der Waals surface area contributed by atoms with Crippen LogP contribution in [0.3, 0.4) is 0 Å². The third kappa shape index (κ3) is 2.21. The molecule has 0 aliphatic heterocycles. The Morgan fingerprint density at radius 1 is 1.04 bits per heavy atom. The van der Waals surface area contributed by atoms with E-state index < -0.39 is 0 Å². The first-order valence-electron chi connectivity index (χ1n) is 8.38. The Balaban J connectivity index is 1.89. The Hall–Kier alpha value is -3.47. The van der Waals surface area contributed by atoms with Crippen molar-refractivity contribution in [2.75, 3.05) is 0 Å². The summed E-state index contributed by atoms with van der Waals surface area (Å²) in [6.45, 7) is 2.04. The predicted molar refractivity (Wildman–Crippen MR) is 100 cm³/mol. The zero-order chi connectivity index (χ0) is 17.7. The molecule has 0 saturated heterocycles. The topological polar surface area (TPSA) is 46.0 Å². The molecule has 0 aliphatic rings. The maximum absolute atomic E-state index is 13.4. The fraction of sp³-hybridized carbons (Fsp3) is 0.0476. The second-order valence-corrected chi connectivity index (χ2v) is 6.39. The zero-order valence-electron chi connectivity index (χ0n) is 14.1. The number of nitrogens with one attached hydrogen (secondary N) is 1. The lowest BCUT2D eigenvalue weighted by Gasteiger charge is -2.07. The van der Waals surface area contributed by atoms with E-state index in [1.165, 1.54) is 12.1 Å². The van der Waals surface area contributed by atoms with Crippen LogP contribution in [0.5, 0.6) is 0 Å². The van der Waals surface area contributed by atoms with Gasteiger partial charge in [-0.15, -0.1) is 0 Å². The van der Waals surface area contributed by atoms with Crippen molar-refractivity contribution in [3.63, 3.8) is 0 Å². The second kappa shape index (κ2) is 5.52. The number of halogens is 1. The molecule has 0 amide bonds. The van der Waals surface area contributed by atoms with Gasteiger partial charge in [0, 0.05) is 22.7 Å². The first-order chi connectivity index (χ1) is 12.7. The van der Waals surface area contributed by atoms with Crippen molar-refractivity contribution in [3.05, 3.63) is 78.4 Å². The molecule has 3 aromatic heterocycles. The van der Waals surface area contributed by atoms with E-state index in [9.17, 15) is 4.39 Å². The highest BCUT2D eigenvalue weighted by molar-refractivity contribution is 5.97. The summed E-state index contributed by atoms with van der Waals surface area (Å²) in [4.78, 5) is 4.85. The lowest BCUT2D eigenvalue weighted by Crippen LogP contribution is -1.91. The van der Waals surface area contributed by atoms with E-state index in [-0.39, 0.29) is 5.82 Å². The minimum absolute atomic E-state index is 0.258. The van der Waals surface area contributed by atoms with E-state index in [1.807, 2.05) is 37.5 Å². The SMILES string of the molecule is Cc1ccn2c(-c3cccc4[nH]ncc34)c(-c3ccc(F)cc3)nc2c1. The Bertz CT molecular complexity index is 1250. The van der Waals surface area contributed by atoms with Crippen LogP contribution < -0.4 is 0 Å². The van der Waals surface area contributed by atoms with Crippen LogP contribution in [0.2, 0.25) is 0 Å². The van der Waals surface area contributed by atoms with Crippen molar-refractivity contribution >= 4 is 16.6 Å². The molecule has 0 unspecified atom stereocenters. The normalized spacial score (nSPS) is 11.5. The summed E-state index contributed by atoms with van der Waals surface area (Å²) in [6, 6.07) is 16.6. The lowest BCUT2D eigenvalue weighted by atomic mass is 10.0. The molecule has 0 spiro atoms. The molecule has 0 aliphatic carbocycles. The summed E-state index contributed by atoms with van der Waals surface area (Å²) in [6.07, 6.45) is 3.85. The van der Waals surface area contributed by atoms with Crippen molar-refractivity contribution in [1.29, 1.82) is 0 Å². The van der Waals surface area contributed by atoms with Crippen molar-refractivity contribution in [1.82, 2.24) is 19.6 Å². The van der Waals surface area contributed by atoms with Crippen molar-refractivity contribution in [2.45, 2.75) is 6.92 Å². The van der Waals surface area contributed by atoms with Crippen LogP contribution in [0.1, 0.15) is 5.56 Å². The Morgan fingerprint density at radius 2 is 1.88 bits per heavy atom. The van der Waals surface area contributed by atoms with Gasteiger partial charge in [0.15, 0.2) is 0 Å². The first-order valence-corrected chi connectivity index (χ1v) is 8.38. The second-order valence-electron chi connectivity index (χ2n) is 6.39. The smallest absolute Gasteiger partial charge is 0.138 e. The number of aryl methyl sites for hydroxylation is 1. The molecule has 26 heavy (non-hydrogen) atoms. The summed E-state index contributed by atoms with van der Waals surface area (Å²) in [5.74, 6) is -0.258. The van der Waals surface area contributed by atoms with E-state index in [0.29, 0.717) is 0 Å². The maximum atomic E-state index is 13.4. The molecular formula is C21H15FN4. The number of rotatable bonds is 2. The number of benzene rings is 2. The summed E-state index contributed by atoms with van der Waals surface area (Å²) in [7, 11) is 0. The van der Waals surface area contributed by atoms with Crippen LogP contribution in [-0.2, 0) is 0 Å². The molecule has 0 bridgehead atoms. The van der Waals surface area contributed by atoms with Gasteiger partial charge in [0.1, 0.15) is 11.5 Å². The number of nitrogens with zero attached hydrogens (tertiary/aromatic N) is 3. The van der Waals surface area contributed by atoms with Crippen molar-refractivity contribution in [3.8, 4) is 22.5 Å². The highest BCUT2D eigenvalue weighted by Gasteiger charge is 2.18. The molecule has 0 atom stereocenters. The standard InChI is InChI=1S/C21H15FN4/c1-13-9-10-26-19(11-13)24-20(14-5-7-15(22)8-6-14)21(26)16-3-2-4-18-17(16)12-23-25-18/h2-12H,1H3,(H,23,25). The van der Waals surface area contributed by atoms with Crippen LogP contribution in [0.25, 0.3) is 39.1 Å². The van der Waals surface area contributed by atoms with Gasteiger partial charge >= 0.3 is 0 Å². The number of aromatic nitrogens is 4. The molecule has 5 aromatic rings. The lowest BCUT2D eigenvalue weighted by molar-refractivity contribution is 0.628. The molecule has 0 fully saturated rings. The van der Waals surface area contributed by atoms with Crippen LogP contribution >= 0.6 is 0 Å². The first kappa shape index (κ1) is 14.8. The van der Waals surface area contributed by atoms with Crippen LogP contribution in [0.15, 0.2) is 67.0 Å². The summed E-state index contributed by atoms with van der Waals surface area (Å²) in [5, 5.41) is 8.22. The van der Waals surface area contributed by atoms with E-state index in [4.69, 9.17) is 4.98 Å². The molecule has 3 heterocycles. The Kier molecular flexibility index (Phi) is 3.15. The summed E-state index contributed by atoms with van der Waals surface area (Å²) >= 11 is 0. The van der Waals surface area contributed by atoms with Gasteiger partial charge in [0.25, 0.3) is 0 Å². The maximum Gasteiger partial charge on any atom is 0.138 e. The molecule has 1 N–H and O–H groups in total. The Labute approximate surface area is 148 Å². The van der Waals surface area contributed by atoms with E-state index in [2.05, 4.69) is 26.7 Å². The van der Waals surface area contributed by atoms with Crippen LogP contribution in [-0.4, -0.2) is 19.6 Å². The largest absolute Gasteiger partial charge is 0.299 e. The molecule has 0 saturated carbocycles. The number of fused-ring (bicyclic) bond motifs is 2. The summed E-state index contributed by atoms with van der Waals surface area (Å²) in [5.41, 5.74) is 6.67. The monoisotopic (exact) mass is 342 g/mol. The highest BCUT2D eigenvalue weighted by Crippen LogP contribution is 2.36. The average Bonchev–Trinajstić information content (AvgIpc) is 3.26. The number of hydrogen-bond donors (Lipinski definition) is 1. The average molecular weight is 342 g/mol. The zero-order valence-corrected chi connectivity index (χ0v) is 14.1. The predicted octanol–water partition coefficient (Wildman–Crippen LogP) is 4.99. The van der Waals surface area contributed by atoms with E-state index in [1.54, 1.807) is 12.1 Å². The quantitative estimate of drug-likeness (QED) is 0.491. The van der Waals surface area contributed by atoms with Gasteiger partial charge in [0.05, 0.1) is 23.1 Å². The van der Waals surface area contributed by atoms with Gasteiger partial charge in [-0.25, -0.2) is 9.37 Å².